The Morgan fingerprint density at radius 3 is 2.57 bits per heavy atom. The van der Waals surface area contributed by atoms with Gasteiger partial charge in [-0.15, -0.1) is 0 Å². The lowest BCUT2D eigenvalue weighted by molar-refractivity contribution is -0.209. The molecule has 7 rings (SSSR count). The van der Waals surface area contributed by atoms with Crippen LogP contribution < -0.4 is 10.6 Å². The van der Waals surface area contributed by atoms with Crippen LogP contribution in [-0.2, 0) is 28.5 Å². The maximum Gasteiger partial charge on any atom is 0.338 e. The second-order valence-electron chi connectivity index (χ2n) is 13.1. The molecular formula is C34H42N2O8. The van der Waals surface area contributed by atoms with Gasteiger partial charge in [-0.2, -0.15) is 0 Å². The Balaban J connectivity index is 1.03. The molecule has 3 saturated carbocycles. The Labute approximate surface area is 257 Å². The predicted molar refractivity (Wildman–Crippen MR) is 159 cm³/mol. The van der Waals surface area contributed by atoms with Gasteiger partial charge in [0, 0.05) is 43.3 Å². The van der Waals surface area contributed by atoms with E-state index in [0.29, 0.717) is 41.1 Å². The van der Waals surface area contributed by atoms with Gasteiger partial charge in [-0.1, -0.05) is 24.3 Å². The fraction of sp³-hybridized carbons (Fsp3) is 0.618. The van der Waals surface area contributed by atoms with Crippen LogP contribution >= 0.6 is 0 Å². The molecule has 3 N–H and O–H groups in total. The summed E-state index contributed by atoms with van der Waals surface area (Å²) in [6.45, 7) is 0.175. The van der Waals surface area contributed by atoms with Gasteiger partial charge in [0.15, 0.2) is 5.79 Å². The highest BCUT2D eigenvalue weighted by atomic mass is 16.8. The average Bonchev–Trinajstić information content (AvgIpc) is 3.90. The van der Waals surface area contributed by atoms with Gasteiger partial charge in [-0.25, -0.2) is 4.79 Å². The molecule has 6 atom stereocenters. The highest BCUT2D eigenvalue weighted by molar-refractivity contribution is 5.94. The van der Waals surface area contributed by atoms with Crippen LogP contribution in [0.25, 0.3) is 6.08 Å². The Morgan fingerprint density at radius 1 is 1.00 bits per heavy atom. The smallest absolute Gasteiger partial charge is 0.338 e. The fourth-order valence-electron chi connectivity index (χ4n) is 7.09. The number of rotatable bonds is 12. The number of allylic oxidation sites excluding steroid dienone is 1. The van der Waals surface area contributed by atoms with Gasteiger partial charge in [0.25, 0.3) is 0 Å². The van der Waals surface area contributed by atoms with Gasteiger partial charge in [0.05, 0.1) is 24.4 Å². The molecule has 0 bridgehead atoms. The molecule has 4 aliphatic carbocycles. The Kier molecular flexibility index (Phi) is 8.35. The zero-order valence-corrected chi connectivity index (χ0v) is 25.0. The van der Waals surface area contributed by atoms with Gasteiger partial charge in [0.1, 0.15) is 18.3 Å². The maximum absolute atomic E-state index is 13.5. The zero-order chi connectivity index (χ0) is 30.3. The van der Waals surface area contributed by atoms with Crippen LogP contribution in [0.2, 0.25) is 0 Å². The second kappa shape index (κ2) is 12.4. The first-order valence-corrected chi connectivity index (χ1v) is 16.3. The molecule has 10 heteroatoms. The van der Waals surface area contributed by atoms with Gasteiger partial charge in [-0.3, -0.25) is 9.59 Å². The van der Waals surface area contributed by atoms with E-state index >= 15 is 0 Å². The third kappa shape index (κ3) is 6.49. The van der Waals surface area contributed by atoms with E-state index in [9.17, 15) is 14.4 Å². The Hall–Kier alpha value is -3.05. The van der Waals surface area contributed by atoms with Crippen LogP contribution in [0, 0.1) is 17.8 Å². The summed E-state index contributed by atoms with van der Waals surface area (Å²) in [5.41, 5.74) is 1.84. The first kappa shape index (κ1) is 29.6. The highest BCUT2D eigenvalue weighted by Crippen LogP contribution is 2.59. The van der Waals surface area contributed by atoms with Crippen molar-refractivity contribution in [3.63, 3.8) is 0 Å². The number of benzene rings is 1. The van der Waals surface area contributed by atoms with Gasteiger partial charge >= 0.3 is 5.97 Å². The van der Waals surface area contributed by atoms with Crippen LogP contribution in [0.15, 0.2) is 42.0 Å². The number of amides is 2. The van der Waals surface area contributed by atoms with E-state index in [1.54, 1.807) is 6.07 Å². The number of ether oxygens (including phenoxy) is 4. The summed E-state index contributed by atoms with van der Waals surface area (Å²) >= 11 is 0. The molecule has 0 radical (unpaired) electrons. The minimum Gasteiger partial charge on any atom is -0.456 e. The lowest BCUT2D eigenvalue weighted by Gasteiger charge is -2.31. The molecule has 6 unspecified atom stereocenters. The van der Waals surface area contributed by atoms with E-state index in [1.807, 2.05) is 24.3 Å². The van der Waals surface area contributed by atoms with Crippen molar-refractivity contribution < 1.29 is 38.4 Å². The average molecular weight is 607 g/mol. The molecule has 5 fully saturated rings. The Morgan fingerprint density at radius 2 is 1.82 bits per heavy atom. The molecule has 2 amide bonds. The topological polar surface area (TPSA) is 136 Å². The molecule has 1 aromatic rings. The normalized spacial score (nSPS) is 31.9. The van der Waals surface area contributed by atoms with E-state index in [2.05, 4.69) is 22.8 Å². The molecule has 0 aromatic heterocycles. The number of hydrogen-bond acceptors (Lipinski definition) is 8. The lowest BCUT2D eigenvalue weighted by atomic mass is 9.88. The maximum atomic E-state index is 13.5. The molecule has 6 aliphatic rings. The summed E-state index contributed by atoms with van der Waals surface area (Å²) in [7, 11) is 0. The first-order valence-electron chi connectivity index (χ1n) is 16.3. The van der Waals surface area contributed by atoms with Crippen molar-refractivity contribution in [1.82, 2.24) is 10.6 Å². The summed E-state index contributed by atoms with van der Waals surface area (Å²) in [4.78, 5) is 38.6. The number of fused-ring (bicyclic) bond motifs is 2. The summed E-state index contributed by atoms with van der Waals surface area (Å²) < 4.78 is 25.1. The first-order chi connectivity index (χ1) is 21.4. The van der Waals surface area contributed by atoms with E-state index in [4.69, 9.17) is 24.1 Å². The summed E-state index contributed by atoms with van der Waals surface area (Å²) in [5.74, 6) is -0.583. The van der Waals surface area contributed by atoms with Crippen molar-refractivity contribution in [2.45, 2.75) is 94.1 Å². The third-order valence-electron chi connectivity index (χ3n) is 9.76. The van der Waals surface area contributed by atoms with Crippen LogP contribution in [-0.4, -0.2) is 78.9 Å². The van der Waals surface area contributed by atoms with Crippen LogP contribution in [0.1, 0.15) is 73.7 Å². The minimum absolute atomic E-state index is 0.0932. The fourth-order valence-corrected chi connectivity index (χ4v) is 7.09. The van der Waals surface area contributed by atoms with Crippen LogP contribution in [0.5, 0.6) is 0 Å². The van der Waals surface area contributed by atoms with Crippen molar-refractivity contribution in [1.29, 1.82) is 0 Å². The predicted octanol–water partition coefficient (Wildman–Crippen LogP) is 3.04. The van der Waals surface area contributed by atoms with Crippen molar-refractivity contribution in [2.75, 3.05) is 19.7 Å². The number of carbonyl (C=O) groups excluding carboxylic acids is 3. The Bertz CT molecular complexity index is 1320. The number of hydrogen-bond donors (Lipinski definition) is 3. The van der Waals surface area contributed by atoms with E-state index < -0.39 is 30.1 Å². The molecule has 236 valence electrons. The molecule has 2 aliphatic heterocycles. The number of nitrogens with one attached hydrogen (secondary N) is 2. The number of esters is 1. The van der Waals surface area contributed by atoms with Crippen molar-refractivity contribution in [3.8, 4) is 0 Å². The molecule has 1 aromatic carbocycles. The molecule has 0 spiro atoms. The largest absolute Gasteiger partial charge is 0.456 e. The summed E-state index contributed by atoms with van der Waals surface area (Å²) in [5, 5.41) is 14.3. The van der Waals surface area contributed by atoms with Crippen molar-refractivity contribution in [2.24, 2.45) is 17.8 Å². The molecule has 2 saturated heterocycles. The monoisotopic (exact) mass is 606 g/mol. The van der Waals surface area contributed by atoms with Gasteiger partial charge in [0.2, 0.25) is 11.8 Å². The summed E-state index contributed by atoms with van der Waals surface area (Å²) in [6.07, 6.45) is 13.0. The molecule has 44 heavy (non-hydrogen) atoms. The molecular weight excluding hydrogens is 564 g/mol. The van der Waals surface area contributed by atoms with Gasteiger partial charge < -0.3 is 34.7 Å². The zero-order valence-electron chi connectivity index (χ0n) is 25.0. The number of carbonyl (C=O) groups is 3. The van der Waals surface area contributed by atoms with Crippen molar-refractivity contribution >= 4 is 23.9 Å². The number of aliphatic hydroxyl groups is 1. The SMILES string of the molecule is O=C(CCNC(=O)C1=CC2OC(C3CC3)(C3CC3)OC2C(OC(=O)c2cccc(C=CC3CCC4OC4C3)c2)C1)NCCO. The lowest BCUT2D eigenvalue weighted by Crippen LogP contribution is -2.44. The van der Waals surface area contributed by atoms with Gasteiger partial charge in [-0.05, 0) is 74.6 Å². The van der Waals surface area contributed by atoms with Crippen LogP contribution in [0.3, 0.4) is 0 Å². The van der Waals surface area contributed by atoms with E-state index in [-0.39, 0.29) is 44.4 Å². The molecule has 2 heterocycles. The minimum atomic E-state index is -0.696. The third-order valence-corrected chi connectivity index (χ3v) is 9.76. The quantitative estimate of drug-likeness (QED) is 0.244. The number of epoxide rings is 1. The van der Waals surface area contributed by atoms with E-state index in [0.717, 1.165) is 50.5 Å². The molecule has 10 nitrogen and oxygen atoms in total. The van der Waals surface area contributed by atoms with E-state index in [1.165, 1.54) is 0 Å². The summed E-state index contributed by atoms with van der Waals surface area (Å²) in [6, 6.07) is 7.43. The number of aliphatic hydroxyl groups excluding tert-OH is 1. The standard InChI is InChI=1S/C34H42N2O8/c37-15-14-35-30(38)12-13-36-32(39)23-18-28(31-29(19-23)43-34(44-31,24-7-8-24)25-9-10-25)42-33(40)22-3-1-2-20(16-22)4-5-21-6-11-26-27(17-21)41-26/h1-5,16,19,21,24-29,31,37H,6-15,17-18H2,(H,35,38)(H,36,39). The van der Waals surface area contributed by atoms with Crippen molar-refractivity contribution in [3.05, 3.63) is 53.1 Å². The van der Waals surface area contributed by atoms with Crippen LogP contribution in [0.4, 0.5) is 0 Å². The second-order valence-corrected chi connectivity index (χ2v) is 13.1. The highest BCUT2D eigenvalue weighted by Gasteiger charge is 2.64.